The summed E-state index contributed by atoms with van der Waals surface area (Å²) in [7, 11) is -3.68. The monoisotopic (exact) mass is 396 g/mol. The molecule has 2 heterocycles. The molecular formula is C21H20N2O4S. The zero-order chi connectivity index (χ0) is 19.4. The molecule has 0 spiro atoms. The van der Waals surface area contributed by atoms with Crippen molar-refractivity contribution in [2.45, 2.75) is 17.2 Å². The Morgan fingerprint density at radius 2 is 1.82 bits per heavy atom. The highest BCUT2D eigenvalue weighted by Gasteiger charge is 2.22. The molecule has 4 rings (SSSR count). The molecule has 6 nitrogen and oxygen atoms in total. The average molecular weight is 396 g/mol. The first kappa shape index (κ1) is 18.5. The number of hydrogen-bond acceptors (Lipinski definition) is 5. The number of aromatic nitrogens is 1. The molecule has 0 radical (unpaired) electrons. The van der Waals surface area contributed by atoms with Crippen molar-refractivity contribution in [2.24, 2.45) is 0 Å². The summed E-state index contributed by atoms with van der Waals surface area (Å²) in [6, 6.07) is 18.4. The number of nitrogens with one attached hydrogen (secondary N) is 1. The molecule has 0 bridgehead atoms. The van der Waals surface area contributed by atoms with Crippen LogP contribution in [0.2, 0.25) is 0 Å². The van der Waals surface area contributed by atoms with E-state index in [2.05, 4.69) is 9.71 Å². The van der Waals surface area contributed by atoms with Crippen molar-refractivity contribution in [1.29, 1.82) is 0 Å². The van der Waals surface area contributed by atoms with E-state index in [9.17, 15) is 8.42 Å². The van der Waals surface area contributed by atoms with Gasteiger partial charge in [-0.3, -0.25) is 4.98 Å². The summed E-state index contributed by atoms with van der Waals surface area (Å²) in [6.07, 6.45) is 4.22. The van der Waals surface area contributed by atoms with Crippen molar-refractivity contribution in [3.8, 4) is 11.5 Å². The van der Waals surface area contributed by atoms with Crippen LogP contribution in [0.25, 0.3) is 0 Å². The zero-order valence-electron chi connectivity index (χ0n) is 15.1. The van der Waals surface area contributed by atoms with E-state index >= 15 is 0 Å². The maximum atomic E-state index is 12.8. The van der Waals surface area contributed by atoms with Gasteiger partial charge in [0, 0.05) is 30.9 Å². The third-order valence-electron chi connectivity index (χ3n) is 4.65. The first-order valence-electron chi connectivity index (χ1n) is 8.95. The van der Waals surface area contributed by atoms with Crippen molar-refractivity contribution in [3.63, 3.8) is 0 Å². The maximum absolute atomic E-state index is 12.8. The molecule has 3 aromatic rings. The molecule has 1 unspecified atom stereocenters. The molecule has 1 atom stereocenters. The van der Waals surface area contributed by atoms with Crippen LogP contribution in [0.1, 0.15) is 17.0 Å². The smallest absolute Gasteiger partial charge is 0.240 e. The lowest BCUT2D eigenvalue weighted by Crippen LogP contribution is -2.29. The minimum absolute atomic E-state index is 0.0193. The van der Waals surface area contributed by atoms with Gasteiger partial charge in [0.15, 0.2) is 11.5 Å². The first-order valence-corrected chi connectivity index (χ1v) is 10.4. The molecule has 0 fully saturated rings. The molecule has 1 aromatic heterocycles. The van der Waals surface area contributed by atoms with E-state index in [4.69, 9.17) is 9.47 Å². The Morgan fingerprint density at radius 3 is 2.61 bits per heavy atom. The molecule has 28 heavy (non-hydrogen) atoms. The van der Waals surface area contributed by atoms with Crippen LogP contribution in [0.4, 0.5) is 0 Å². The third kappa shape index (κ3) is 4.16. The number of hydrogen-bond donors (Lipinski definition) is 1. The Morgan fingerprint density at radius 1 is 1.00 bits per heavy atom. The van der Waals surface area contributed by atoms with Gasteiger partial charge in [-0.2, -0.15) is 0 Å². The summed E-state index contributed by atoms with van der Waals surface area (Å²) < 4.78 is 38.9. The second kappa shape index (κ2) is 8.00. The van der Waals surface area contributed by atoms with E-state index in [1.165, 1.54) is 12.1 Å². The molecule has 1 N–H and O–H groups in total. The quantitative estimate of drug-likeness (QED) is 0.664. The average Bonchev–Trinajstić information content (AvgIpc) is 3.20. The van der Waals surface area contributed by atoms with Gasteiger partial charge in [0.1, 0.15) is 0 Å². The fourth-order valence-corrected chi connectivity index (χ4v) is 4.27. The standard InChI is InChI=1S/C21H20N2O4S/c24-28(25,19-8-9-20-21(12-19)27-15-26-20)23-14-18(17-6-2-1-3-7-17)11-16-5-4-10-22-13-16/h1-10,12-13,18,23H,11,14-15H2. The van der Waals surface area contributed by atoms with E-state index in [-0.39, 0.29) is 24.2 Å². The molecule has 2 aromatic carbocycles. The van der Waals surface area contributed by atoms with Crippen LogP contribution < -0.4 is 14.2 Å². The Kier molecular flexibility index (Phi) is 5.27. The summed E-state index contributed by atoms with van der Waals surface area (Å²) in [6.45, 7) is 0.378. The highest BCUT2D eigenvalue weighted by Crippen LogP contribution is 2.33. The summed E-state index contributed by atoms with van der Waals surface area (Å²) in [5.41, 5.74) is 2.12. The molecule has 0 saturated heterocycles. The molecule has 1 aliphatic heterocycles. The van der Waals surface area contributed by atoms with Crippen LogP contribution >= 0.6 is 0 Å². The molecule has 7 heteroatoms. The highest BCUT2D eigenvalue weighted by atomic mass is 32.2. The normalized spacial score (nSPS) is 14.0. The number of ether oxygens (including phenoxy) is 2. The van der Waals surface area contributed by atoms with Gasteiger partial charge in [0.05, 0.1) is 4.90 Å². The lowest BCUT2D eigenvalue weighted by molar-refractivity contribution is 0.174. The Balaban J connectivity index is 1.53. The number of benzene rings is 2. The van der Waals surface area contributed by atoms with Crippen molar-refractivity contribution < 1.29 is 17.9 Å². The van der Waals surface area contributed by atoms with Gasteiger partial charge in [-0.1, -0.05) is 36.4 Å². The van der Waals surface area contributed by atoms with E-state index in [1.807, 2.05) is 48.7 Å². The minimum atomic E-state index is -3.68. The molecule has 0 amide bonds. The maximum Gasteiger partial charge on any atom is 0.240 e. The number of pyridine rings is 1. The summed E-state index contributed by atoms with van der Waals surface area (Å²) in [5, 5.41) is 0. The Hall–Kier alpha value is -2.90. The SMILES string of the molecule is O=S(=O)(NCC(Cc1cccnc1)c1ccccc1)c1ccc2c(c1)OCO2. The molecule has 0 saturated carbocycles. The molecule has 1 aliphatic rings. The summed E-state index contributed by atoms with van der Waals surface area (Å²) >= 11 is 0. The van der Waals surface area contributed by atoms with Crippen LogP contribution in [0.15, 0.2) is 78.0 Å². The number of rotatable bonds is 7. The first-order chi connectivity index (χ1) is 13.6. The van der Waals surface area contributed by atoms with Crippen LogP contribution in [-0.4, -0.2) is 26.7 Å². The number of fused-ring (bicyclic) bond motifs is 1. The largest absolute Gasteiger partial charge is 0.454 e. The second-order valence-corrected chi connectivity index (χ2v) is 8.31. The Labute approximate surface area is 164 Å². The fraction of sp³-hybridized carbons (Fsp3) is 0.190. The van der Waals surface area contributed by atoms with Crippen molar-refractivity contribution in [3.05, 3.63) is 84.2 Å². The van der Waals surface area contributed by atoms with Gasteiger partial charge >= 0.3 is 0 Å². The highest BCUT2D eigenvalue weighted by molar-refractivity contribution is 7.89. The van der Waals surface area contributed by atoms with E-state index in [1.54, 1.807) is 12.3 Å². The van der Waals surface area contributed by atoms with Crippen molar-refractivity contribution in [1.82, 2.24) is 9.71 Å². The lowest BCUT2D eigenvalue weighted by atomic mass is 9.93. The second-order valence-electron chi connectivity index (χ2n) is 6.54. The van der Waals surface area contributed by atoms with Crippen LogP contribution in [0.5, 0.6) is 11.5 Å². The molecular weight excluding hydrogens is 376 g/mol. The number of sulfonamides is 1. The van der Waals surface area contributed by atoms with Crippen molar-refractivity contribution in [2.75, 3.05) is 13.3 Å². The number of nitrogens with zero attached hydrogens (tertiary/aromatic N) is 1. The van der Waals surface area contributed by atoms with Gasteiger partial charge in [0.25, 0.3) is 0 Å². The zero-order valence-corrected chi connectivity index (χ0v) is 15.9. The van der Waals surface area contributed by atoms with Gasteiger partial charge in [0.2, 0.25) is 16.8 Å². The Bertz CT molecular complexity index is 1040. The van der Waals surface area contributed by atoms with Crippen LogP contribution in [0, 0.1) is 0 Å². The van der Waals surface area contributed by atoms with E-state index in [0.29, 0.717) is 17.9 Å². The molecule has 0 aliphatic carbocycles. The van der Waals surface area contributed by atoms with Crippen molar-refractivity contribution >= 4 is 10.0 Å². The predicted molar refractivity (Wildman–Crippen MR) is 105 cm³/mol. The summed E-state index contributed by atoms with van der Waals surface area (Å²) in [5.74, 6) is 0.977. The van der Waals surface area contributed by atoms with E-state index < -0.39 is 10.0 Å². The predicted octanol–water partition coefficient (Wildman–Crippen LogP) is 3.12. The minimum Gasteiger partial charge on any atom is -0.454 e. The molecule has 144 valence electrons. The van der Waals surface area contributed by atoms with Gasteiger partial charge in [-0.05, 0) is 35.7 Å². The lowest BCUT2D eigenvalue weighted by Gasteiger charge is -2.18. The van der Waals surface area contributed by atoms with E-state index in [0.717, 1.165) is 11.1 Å². The summed E-state index contributed by atoms with van der Waals surface area (Å²) in [4.78, 5) is 4.31. The fourth-order valence-electron chi connectivity index (χ4n) is 3.17. The third-order valence-corrected chi connectivity index (χ3v) is 6.07. The van der Waals surface area contributed by atoms with Crippen LogP contribution in [0.3, 0.4) is 0 Å². The van der Waals surface area contributed by atoms with Crippen LogP contribution in [-0.2, 0) is 16.4 Å². The topological polar surface area (TPSA) is 77.5 Å². The van der Waals surface area contributed by atoms with Gasteiger partial charge in [-0.15, -0.1) is 0 Å². The van der Waals surface area contributed by atoms with Gasteiger partial charge < -0.3 is 9.47 Å². The van der Waals surface area contributed by atoms with Gasteiger partial charge in [-0.25, -0.2) is 13.1 Å².